The summed E-state index contributed by atoms with van der Waals surface area (Å²) in [6.07, 6.45) is 5.96. The Morgan fingerprint density at radius 2 is 1.73 bits per heavy atom. The van der Waals surface area contributed by atoms with Crippen molar-refractivity contribution < 1.29 is 9.84 Å². The zero-order valence-electron chi connectivity index (χ0n) is 9.98. The van der Waals surface area contributed by atoms with Gasteiger partial charge in [0.15, 0.2) is 0 Å². The van der Waals surface area contributed by atoms with Gasteiger partial charge in [-0.15, -0.1) is 0 Å². The van der Waals surface area contributed by atoms with E-state index in [1.807, 2.05) is 0 Å². The quantitative estimate of drug-likeness (QED) is 0.762. The third kappa shape index (κ3) is 2.54. The highest BCUT2D eigenvalue weighted by Crippen LogP contribution is 2.35. The normalized spacial score (nSPS) is 44.2. The van der Waals surface area contributed by atoms with Gasteiger partial charge in [0.25, 0.3) is 0 Å². The van der Waals surface area contributed by atoms with Gasteiger partial charge in [0.1, 0.15) is 0 Å². The second kappa shape index (κ2) is 4.84. The Labute approximate surface area is 93.0 Å². The first-order valence-electron chi connectivity index (χ1n) is 6.48. The predicted molar refractivity (Wildman–Crippen MR) is 60.6 cm³/mol. The molecule has 1 N–H and O–H groups in total. The second-order valence-corrected chi connectivity index (χ2v) is 5.61. The summed E-state index contributed by atoms with van der Waals surface area (Å²) in [6.45, 7) is 5.36. The Hall–Kier alpha value is -0.0800. The van der Waals surface area contributed by atoms with Crippen molar-refractivity contribution in [2.24, 2.45) is 17.8 Å². The molecule has 1 heterocycles. The molecule has 2 rings (SSSR count). The van der Waals surface area contributed by atoms with Crippen LogP contribution in [-0.4, -0.2) is 23.9 Å². The molecule has 1 saturated heterocycles. The van der Waals surface area contributed by atoms with Crippen LogP contribution in [0.1, 0.15) is 46.0 Å². The van der Waals surface area contributed by atoms with Crippen LogP contribution >= 0.6 is 0 Å². The van der Waals surface area contributed by atoms with Gasteiger partial charge in [0.05, 0.1) is 12.2 Å². The first-order chi connectivity index (χ1) is 7.18. The zero-order valence-corrected chi connectivity index (χ0v) is 9.98. The molecule has 0 aromatic rings. The van der Waals surface area contributed by atoms with Crippen molar-refractivity contribution in [2.45, 2.75) is 58.2 Å². The minimum absolute atomic E-state index is 0.114. The van der Waals surface area contributed by atoms with Crippen LogP contribution in [0.2, 0.25) is 0 Å². The van der Waals surface area contributed by atoms with E-state index in [0.717, 1.165) is 18.9 Å². The number of ether oxygens (including phenoxy) is 1. The van der Waals surface area contributed by atoms with E-state index in [2.05, 4.69) is 13.8 Å². The number of aliphatic hydroxyl groups is 1. The molecule has 2 fully saturated rings. The Kier molecular flexibility index (Phi) is 3.68. The Morgan fingerprint density at radius 3 is 2.27 bits per heavy atom. The van der Waals surface area contributed by atoms with Crippen LogP contribution < -0.4 is 0 Å². The van der Waals surface area contributed by atoms with Crippen LogP contribution in [0.15, 0.2) is 0 Å². The molecule has 0 radical (unpaired) electrons. The molecule has 0 amide bonds. The molecule has 3 atom stereocenters. The van der Waals surface area contributed by atoms with Crippen molar-refractivity contribution in [3.8, 4) is 0 Å². The van der Waals surface area contributed by atoms with Crippen LogP contribution in [0.5, 0.6) is 0 Å². The first kappa shape index (κ1) is 11.4. The van der Waals surface area contributed by atoms with Crippen molar-refractivity contribution in [3.63, 3.8) is 0 Å². The maximum atomic E-state index is 10.3. The molecule has 1 saturated carbocycles. The summed E-state index contributed by atoms with van der Waals surface area (Å²) in [4.78, 5) is 0. The van der Waals surface area contributed by atoms with Crippen molar-refractivity contribution in [1.29, 1.82) is 0 Å². The number of aliphatic hydroxyl groups excluding tert-OH is 1. The van der Waals surface area contributed by atoms with Gasteiger partial charge in [-0.1, -0.05) is 26.7 Å². The zero-order chi connectivity index (χ0) is 10.8. The summed E-state index contributed by atoms with van der Waals surface area (Å²) in [5.74, 6) is 1.89. The molecule has 88 valence electrons. The summed E-state index contributed by atoms with van der Waals surface area (Å²) in [5.41, 5.74) is 0. The molecule has 0 aromatic heterocycles. The average Bonchev–Trinajstić information content (AvgIpc) is 2.65. The van der Waals surface area contributed by atoms with Crippen LogP contribution in [0.3, 0.4) is 0 Å². The molecule has 0 aromatic carbocycles. The minimum atomic E-state index is -0.213. The van der Waals surface area contributed by atoms with E-state index in [1.54, 1.807) is 0 Å². The lowest BCUT2D eigenvalue weighted by molar-refractivity contribution is -0.0553. The molecule has 2 heteroatoms. The standard InChI is InChI=1S/C13H24O2/c1-9-3-5-11(6-4-9)12(14)13-10(2)7-8-15-13/h9-14H,3-8H2,1-2H3. The molecule has 1 aliphatic heterocycles. The summed E-state index contributed by atoms with van der Waals surface area (Å²) >= 11 is 0. The Balaban J connectivity index is 1.87. The molecule has 0 spiro atoms. The van der Waals surface area contributed by atoms with Crippen LogP contribution in [0.25, 0.3) is 0 Å². The summed E-state index contributed by atoms with van der Waals surface area (Å²) < 4.78 is 5.66. The SMILES string of the molecule is CC1CCC(C(O)C2OCCC2C)CC1. The van der Waals surface area contributed by atoms with Gasteiger partial charge in [-0.05, 0) is 37.0 Å². The molecule has 1 aliphatic carbocycles. The van der Waals surface area contributed by atoms with E-state index in [0.29, 0.717) is 11.8 Å². The molecule has 3 unspecified atom stereocenters. The summed E-state index contributed by atoms with van der Waals surface area (Å²) in [6, 6.07) is 0. The minimum Gasteiger partial charge on any atom is -0.390 e. The van der Waals surface area contributed by atoms with Gasteiger partial charge in [-0.25, -0.2) is 0 Å². The maximum absolute atomic E-state index is 10.3. The maximum Gasteiger partial charge on any atom is 0.0862 e. The summed E-state index contributed by atoms with van der Waals surface area (Å²) in [5, 5.41) is 10.3. The lowest BCUT2D eigenvalue weighted by Crippen LogP contribution is -2.38. The third-order valence-corrected chi connectivity index (χ3v) is 4.32. The Bertz CT molecular complexity index is 197. The highest BCUT2D eigenvalue weighted by Gasteiger charge is 2.36. The van der Waals surface area contributed by atoms with Crippen LogP contribution in [0, 0.1) is 17.8 Å². The molecule has 2 aliphatic rings. The molecule has 2 nitrogen and oxygen atoms in total. The van der Waals surface area contributed by atoms with E-state index in [4.69, 9.17) is 4.74 Å². The van der Waals surface area contributed by atoms with E-state index >= 15 is 0 Å². The molecular formula is C13H24O2. The van der Waals surface area contributed by atoms with Crippen LogP contribution in [-0.2, 0) is 4.74 Å². The third-order valence-electron chi connectivity index (χ3n) is 4.32. The van der Waals surface area contributed by atoms with Crippen molar-refractivity contribution >= 4 is 0 Å². The topological polar surface area (TPSA) is 29.5 Å². The fraction of sp³-hybridized carbons (Fsp3) is 1.00. The van der Waals surface area contributed by atoms with E-state index in [-0.39, 0.29) is 12.2 Å². The molecule has 0 bridgehead atoms. The molecule has 15 heavy (non-hydrogen) atoms. The fourth-order valence-electron chi connectivity index (χ4n) is 3.05. The average molecular weight is 212 g/mol. The second-order valence-electron chi connectivity index (χ2n) is 5.61. The van der Waals surface area contributed by atoms with Gasteiger partial charge in [0.2, 0.25) is 0 Å². The first-order valence-corrected chi connectivity index (χ1v) is 6.48. The van der Waals surface area contributed by atoms with Crippen molar-refractivity contribution in [2.75, 3.05) is 6.61 Å². The van der Waals surface area contributed by atoms with E-state index in [1.165, 1.54) is 25.7 Å². The van der Waals surface area contributed by atoms with Gasteiger partial charge in [0, 0.05) is 6.61 Å². The van der Waals surface area contributed by atoms with Gasteiger partial charge < -0.3 is 9.84 Å². The smallest absolute Gasteiger partial charge is 0.0862 e. The fourth-order valence-corrected chi connectivity index (χ4v) is 3.05. The molecular weight excluding hydrogens is 188 g/mol. The highest BCUT2D eigenvalue weighted by molar-refractivity contribution is 4.86. The largest absolute Gasteiger partial charge is 0.390 e. The van der Waals surface area contributed by atoms with E-state index < -0.39 is 0 Å². The number of hydrogen-bond acceptors (Lipinski definition) is 2. The van der Waals surface area contributed by atoms with Crippen molar-refractivity contribution in [1.82, 2.24) is 0 Å². The Morgan fingerprint density at radius 1 is 1.07 bits per heavy atom. The predicted octanol–water partition coefficient (Wildman–Crippen LogP) is 2.60. The monoisotopic (exact) mass is 212 g/mol. The number of rotatable bonds is 2. The number of hydrogen-bond donors (Lipinski definition) is 1. The summed E-state index contributed by atoms with van der Waals surface area (Å²) in [7, 11) is 0. The van der Waals surface area contributed by atoms with E-state index in [9.17, 15) is 5.11 Å². The van der Waals surface area contributed by atoms with Crippen LogP contribution in [0.4, 0.5) is 0 Å². The lowest BCUT2D eigenvalue weighted by Gasteiger charge is -2.33. The van der Waals surface area contributed by atoms with Gasteiger partial charge in [-0.3, -0.25) is 0 Å². The van der Waals surface area contributed by atoms with Gasteiger partial charge in [-0.2, -0.15) is 0 Å². The highest BCUT2D eigenvalue weighted by atomic mass is 16.5. The lowest BCUT2D eigenvalue weighted by atomic mass is 9.77. The van der Waals surface area contributed by atoms with Crippen molar-refractivity contribution in [3.05, 3.63) is 0 Å². The van der Waals surface area contributed by atoms with Gasteiger partial charge >= 0.3 is 0 Å².